The smallest absolute Gasteiger partial charge is 0.221 e. The van der Waals surface area contributed by atoms with Crippen molar-refractivity contribution >= 4 is 29.0 Å². The van der Waals surface area contributed by atoms with Crippen LogP contribution in [0.5, 0.6) is 0 Å². The predicted octanol–water partition coefficient (Wildman–Crippen LogP) is 1.74. The lowest BCUT2D eigenvalue weighted by atomic mass is 10.4. The van der Waals surface area contributed by atoms with Gasteiger partial charge in [-0.3, -0.25) is 4.79 Å². The topological polar surface area (TPSA) is 54.0 Å². The number of amides is 1. The van der Waals surface area contributed by atoms with Gasteiger partial charge in [-0.2, -0.15) is 0 Å². The first-order valence-corrected chi connectivity index (χ1v) is 4.13. The van der Waals surface area contributed by atoms with Gasteiger partial charge in [0.2, 0.25) is 5.91 Å². The van der Waals surface area contributed by atoms with Crippen LogP contribution >= 0.6 is 11.6 Å². The van der Waals surface area contributed by atoms with Crippen LogP contribution in [0.1, 0.15) is 6.92 Å². The molecule has 5 heteroatoms. The Morgan fingerprint density at radius 2 is 2.23 bits per heavy atom. The van der Waals surface area contributed by atoms with E-state index in [1.807, 2.05) is 0 Å². The van der Waals surface area contributed by atoms with Crippen LogP contribution in [0, 0.1) is 0 Å². The summed E-state index contributed by atoms with van der Waals surface area (Å²) in [6, 6.07) is 3.32. The molecule has 0 bridgehead atoms. The Kier molecular flexibility index (Phi) is 3.08. The summed E-state index contributed by atoms with van der Waals surface area (Å²) in [5, 5.41) is 5.85. The Morgan fingerprint density at radius 1 is 1.54 bits per heavy atom. The number of anilines is 2. The second-order valence-corrected chi connectivity index (χ2v) is 2.85. The van der Waals surface area contributed by atoms with Crippen molar-refractivity contribution in [1.29, 1.82) is 0 Å². The number of halogens is 1. The van der Waals surface area contributed by atoms with Crippen LogP contribution in [0.2, 0.25) is 5.15 Å². The van der Waals surface area contributed by atoms with E-state index in [-0.39, 0.29) is 5.91 Å². The molecule has 0 atom stereocenters. The van der Waals surface area contributed by atoms with Crippen molar-refractivity contribution in [3.63, 3.8) is 0 Å². The Balaban J connectivity index is 2.99. The van der Waals surface area contributed by atoms with Gasteiger partial charge in [0.05, 0.1) is 5.69 Å². The molecule has 1 aromatic heterocycles. The summed E-state index contributed by atoms with van der Waals surface area (Å²) in [6.07, 6.45) is 0. The molecule has 4 nitrogen and oxygen atoms in total. The molecule has 0 saturated carbocycles. The molecule has 0 aromatic carbocycles. The molecule has 1 rings (SSSR count). The van der Waals surface area contributed by atoms with Crippen LogP contribution < -0.4 is 10.6 Å². The molecule has 0 aliphatic heterocycles. The average Bonchev–Trinajstić information content (AvgIpc) is 2.07. The minimum atomic E-state index is -0.138. The minimum absolute atomic E-state index is 0.138. The predicted molar refractivity (Wildman–Crippen MR) is 53.1 cm³/mol. The van der Waals surface area contributed by atoms with Crippen molar-refractivity contribution in [1.82, 2.24) is 4.98 Å². The van der Waals surface area contributed by atoms with Gasteiger partial charge in [0, 0.05) is 14.0 Å². The lowest BCUT2D eigenvalue weighted by Crippen LogP contribution is -2.08. The summed E-state index contributed by atoms with van der Waals surface area (Å²) in [5.74, 6) is 0.420. The molecule has 0 aliphatic rings. The third-order valence-corrected chi connectivity index (χ3v) is 1.62. The molecule has 0 radical (unpaired) electrons. The van der Waals surface area contributed by atoms with Crippen LogP contribution in [-0.2, 0) is 4.79 Å². The molecule has 1 aromatic rings. The first kappa shape index (κ1) is 9.80. The van der Waals surface area contributed by atoms with Crippen molar-refractivity contribution in [2.75, 3.05) is 17.7 Å². The van der Waals surface area contributed by atoms with Gasteiger partial charge in [0.25, 0.3) is 0 Å². The summed E-state index contributed by atoms with van der Waals surface area (Å²) >= 11 is 5.67. The maximum absolute atomic E-state index is 10.8. The number of nitrogens with one attached hydrogen (secondary N) is 2. The highest BCUT2D eigenvalue weighted by Gasteiger charge is 2.03. The molecule has 0 saturated heterocycles. The number of hydrogen-bond acceptors (Lipinski definition) is 3. The molecule has 1 heterocycles. The van der Waals surface area contributed by atoms with Gasteiger partial charge < -0.3 is 10.6 Å². The van der Waals surface area contributed by atoms with Crippen molar-refractivity contribution in [3.05, 3.63) is 17.3 Å². The highest BCUT2D eigenvalue weighted by Crippen LogP contribution is 2.20. The molecule has 13 heavy (non-hydrogen) atoms. The number of hydrogen-bond donors (Lipinski definition) is 2. The van der Waals surface area contributed by atoms with E-state index in [0.717, 1.165) is 0 Å². The molecular weight excluding hydrogens is 190 g/mol. The van der Waals surface area contributed by atoms with Gasteiger partial charge >= 0.3 is 0 Å². The second kappa shape index (κ2) is 4.09. The average molecular weight is 200 g/mol. The number of carbonyl (C=O) groups is 1. The summed E-state index contributed by atoms with van der Waals surface area (Å²) in [5.41, 5.74) is 0.624. The number of nitrogens with zero attached hydrogens (tertiary/aromatic N) is 1. The fraction of sp³-hybridized carbons (Fsp3) is 0.250. The number of pyridine rings is 1. The standard InChI is InChI=1S/C8H10ClN3O/c1-5(13)11-6-3-4-7(9)12-8(6)10-2/h3-4H,1-2H3,(H,10,12)(H,11,13). The maximum Gasteiger partial charge on any atom is 0.221 e. The second-order valence-electron chi connectivity index (χ2n) is 2.46. The van der Waals surface area contributed by atoms with Crippen LogP contribution in [0.25, 0.3) is 0 Å². The van der Waals surface area contributed by atoms with Gasteiger partial charge in [0.1, 0.15) is 5.15 Å². The van der Waals surface area contributed by atoms with Gasteiger partial charge in [-0.05, 0) is 12.1 Å². The van der Waals surface area contributed by atoms with E-state index in [4.69, 9.17) is 11.6 Å². The van der Waals surface area contributed by atoms with Gasteiger partial charge in [-0.15, -0.1) is 0 Å². The van der Waals surface area contributed by atoms with Crippen LogP contribution in [0.4, 0.5) is 11.5 Å². The fourth-order valence-electron chi connectivity index (χ4n) is 0.916. The first-order chi connectivity index (χ1) is 6.13. The lowest BCUT2D eigenvalue weighted by molar-refractivity contribution is -0.114. The van der Waals surface area contributed by atoms with Crippen molar-refractivity contribution in [2.45, 2.75) is 6.92 Å². The Bertz CT molecular complexity index is 327. The van der Waals surface area contributed by atoms with Gasteiger partial charge in [-0.25, -0.2) is 4.98 Å². The molecule has 0 aliphatic carbocycles. The van der Waals surface area contributed by atoms with Gasteiger partial charge in [0.15, 0.2) is 5.82 Å². The van der Waals surface area contributed by atoms with Crippen molar-refractivity contribution in [3.8, 4) is 0 Å². The molecule has 0 unspecified atom stereocenters. The van der Waals surface area contributed by atoms with Crippen molar-refractivity contribution < 1.29 is 4.79 Å². The Morgan fingerprint density at radius 3 is 2.77 bits per heavy atom. The molecule has 70 valence electrons. The highest BCUT2D eigenvalue weighted by atomic mass is 35.5. The SMILES string of the molecule is CNc1nc(Cl)ccc1NC(C)=O. The summed E-state index contributed by atoms with van der Waals surface area (Å²) in [4.78, 5) is 14.8. The quantitative estimate of drug-likeness (QED) is 0.714. The van der Waals surface area contributed by atoms with E-state index >= 15 is 0 Å². The first-order valence-electron chi connectivity index (χ1n) is 3.75. The third kappa shape index (κ3) is 2.59. The lowest BCUT2D eigenvalue weighted by Gasteiger charge is -2.07. The summed E-state index contributed by atoms with van der Waals surface area (Å²) < 4.78 is 0. The third-order valence-electron chi connectivity index (χ3n) is 1.41. The Hall–Kier alpha value is -1.29. The normalized spacial score (nSPS) is 9.46. The minimum Gasteiger partial charge on any atom is -0.371 e. The maximum atomic E-state index is 10.8. The zero-order chi connectivity index (χ0) is 9.84. The van der Waals surface area contributed by atoms with Crippen LogP contribution in [0.15, 0.2) is 12.1 Å². The summed E-state index contributed by atoms with van der Waals surface area (Å²) in [6.45, 7) is 1.44. The van der Waals surface area contributed by atoms with E-state index in [1.54, 1.807) is 19.2 Å². The van der Waals surface area contributed by atoms with E-state index in [1.165, 1.54) is 6.92 Å². The number of carbonyl (C=O) groups excluding carboxylic acids is 1. The fourth-order valence-corrected chi connectivity index (χ4v) is 1.06. The molecule has 0 spiro atoms. The van der Waals surface area contributed by atoms with E-state index in [0.29, 0.717) is 16.7 Å². The highest BCUT2D eigenvalue weighted by molar-refractivity contribution is 6.29. The summed E-state index contributed by atoms with van der Waals surface area (Å²) in [7, 11) is 1.71. The van der Waals surface area contributed by atoms with Crippen LogP contribution in [0.3, 0.4) is 0 Å². The molecule has 1 amide bonds. The Labute approximate surface area is 81.3 Å². The molecule has 0 fully saturated rings. The number of rotatable bonds is 2. The van der Waals surface area contributed by atoms with Gasteiger partial charge in [-0.1, -0.05) is 11.6 Å². The number of aromatic nitrogens is 1. The molecular formula is C8H10ClN3O. The molecule has 2 N–H and O–H groups in total. The van der Waals surface area contributed by atoms with Crippen LogP contribution in [-0.4, -0.2) is 17.9 Å². The largest absolute Gasteiger partial charge is 0.371 e. The van der Waals surface area contributed by atoms with E-state index < -0.39 is 0 Å². The van der Waals surface area contributed by atoms with E-state index in [9.17, 15) is 4.79 Å². The van der Waals surface area contributed by atoms with Crippen molar-refractivity contribution in [2.24, 2.45) is 0 Å². The monoisotopic (exact) mass is 199 g/mol. The zero-order valence-electron chi connectivity index (χ0n) is 7.39. The zero-order valence-corrected chi connectivity index (χ0v) is 8.14. The van der Waals surface area contributed by atoms with E-state index in [2.05, 4.69) is 15.6 Å².